The van der Waals surface area contributed by atoms with Crippen LogP contribution in [0.15, 0.2) is 42.5 Å². The number of aryl methyl sites for hydroxylation is 1. The molecule has 1 unspecified atom stereocenters. The maximum atomic E-state index is 12.8. The van der Waals surface area contributed by atoms with Crippen LogP contribution in [0, 0.1) is 6.92 Å². The van der Waals surface area contributed by atoms with Crippen LogP contribution >= 0.6 is 0 Å². The van der Waals surface area contributed by atoms with E-state index in [2.05, 4.69) is 5.32 Å². The summed E-state index contributed by atoms with van der Waals surface area (Å²) < 4.78 is 10.5. The van der Waals surface area contributed by atoms with Crippen LogP contribution in [-0.2, 0) is 9.59 Å². The molecular weight excluding hydrogens is 362 g/mol. The number of anilines is 2. The van der Waals surface area contributed by atoms with E-state index in [9.17, 15) is 14.4 Å². The Morgan fingerprint density at radius 1 is 1.11 bits per heavy atom. The molecule has 1 atom stereocenters. The van der Waals surface area contributed by atoms with E-state index in [4.69, 9.17) is 9.47 Å². The van der Waals surface area contributed by atoms with Gasteiger partial charge in [-0.2, -0.15) is 0 Å². The third-order valence-electron chi connectivity index (χ3n) is 4.72. The van der Waals surface area contributed by atoms with Gasteiger partial charge in [-0.1, -0.05) is 17.7 Å². The molecule has 1 N–H and O–H groups in total. The number of hydrogen-bond acceptors (Lipinski definition) is 5. The Morgan fingerprint density at radius 3 is 2.57 bits per heavy atom. The van der Waals surface area contributed by atoms with E-state index in [0.717, 1.165) is 10.5 Å². The molecule has 0 aromatic heterocycles. The van der Waals surface area contributed by atoms with Gasteiger partial charge in [-0.25, -0.2) is 4.79 Å². The number of carbonyl (C=O) groups is 3. The summed E-state index contributed by atoms with van der Waals surface area (Å²) in [5.41, 5.74) is 2.17. The molecule has 1 saturated heterocycles. The summed E-state index contributed by atoms with van der Waals surface area (Å²) in [6.07, 6.45) is 0. The van der Waals surface area contributed by atoms with Gasteiger partial charge in [-0.15, -0.1) is 0 Å². The molecule has 2 heterocycles. The number of hydrogen-bond donors (Lipinski definition) is 1. The minimum absolute atomic E-state index is 0.135. The molecule has 1 fully saturated rings. The highest BCUT2D eigenvalue weighted by atomic mass is 16.7. The number of amides is 4. The number of fused-ring (bicyclic) bond motifs is 1. The van der Waals surface area contributed by atoms with Crippen molar-refractivity contribution in [1.82, 2.24) is 4.90 Å². The first-order valence-corrected chi connectivity index (χ1v) is 8.85. The zero-order valence-electron chi connectivity index (χ0n) is 15.5. The minimum atomic E-state index is -0.673. The van der Waals surface area contributed by atoms with Gasteiger partial charge in [-0.05, 0) is 38.1 Å². The lowest BCUT2D eigenvalue weighted by atomic mass is 10.2. The van der Waals surface area contributed by atoms with Crippen molar-refractivity contribution in [2.45, 2.75) is 19.9 Å². The molecule has 2 aromatic rings. The normalized spacial score (nSPS) is 18.0. The standard InChI is InChI=1S/C20H19N3O5/c1-12-3-6-15(7-4-12)23-13(2)19(25)22(20(23)26)10-18(24)21-14-5-8-16-17(9-14)28-11-27-16/h3-9,13H,10-11H2,1-2H3,(H,21,24). The first-order chi connectivity index (χ1) is 13.4. The third-order valence-corrected chi connectivity index (χ3v) is 4.72. The van der Waals surface area contributed by atoms with Gasteiger partial charge in [0.2, 0.25) is 12.7 Å². The maximum absolute atomic E-state index is 12.8. The fraction of sp³-hybridized carbons (Fsp3) is 0.250. The van der Waals surface area contributed by atoms with Crippen molar-refractivity contribution in [3.63, 3.8) is 0 Å². The van der Waals surface area contributed by atoms with Gasteiger partial charge in [0.05, 0.1) is 0 Å². The molecular formula is C20H19N3O5. The van der Waals surface area contributed by atoms with Crippen molar-refractivity contribution in [3.8, 4) is 11.5 Å². The lowest BCUT2D eigenvalue weighted by molar-refractivity contribution is -0.130. The molecule has 4 rings (SSSR count). The van der Waals surface area contributed by atoms with Crippen molar-refractivity contribution in [1.29, 1.82) is 0 Å². The molecule has 4 amide bonds. The molecule has 0 spiro atoms. The van der Waals surface area contributed by atoms with Crippen LogP contribution in [0.2, 0.25) is 0 Å². The van der Waals surface area contributed by atoms with Gasteiger partial charge >= 0.3 is 6.03 Å². The zero-order chi connectivity index (χ0) is 19.8. The summed E-state index contributed by atoms with van der Waals surface area (Å²) in [5.74, 6) is 0.251. The van der Waals surface area contributed by atoms with Gasteiger partial charge in [0.1, 0.15) is 12.6 Å². The summed E-state index contributed by atoms with van der Waals surface area (Å²) in [6, 6.07) is 11.1. The number of rotatable bonds is 4. The number of nitrogens with one attached hydrogen (secondary N) is 1. The van der Waals surface area contributed by atoms with Crippen molar-refractivity contribution < 1.29 is 23.9 Å². The molecule has 8 nitrogen and oxygen atoms in total. The highest BCUT2D eigenvalue weighted by Gasteiger charge is 2.44. The Bertz CT molecular complexity index is 957. The summed E-state index contributed by atoms with van der Waals surface area (Å²) in [6.45, 7) is 3.36. The average Bonchev–Trinajstić information content (AvgIpc) is 3.21. The topological polar surface area (TPSA) is 88.2 Å². The van der Waals surface area contributed by atoms with Crippen LogP contribution < -0.4 is 19.7 Å². The van der Waals surface area contributed by atoms with Crippen molar-refractivity contribution in [3.05, 3.63) is 48.0 Å². The number of nitrogens with zero attached hydrogens (tertiary/aromatic N) is 2. The van der Waals surface area contributed by atoms with Crippen LogP contribution in [0.5, 0.6) is 11.5 Å². The minimum Gasteiger partial charge on any atom is -0.454 e. The monoisotopic (exact) mass is 381 g/mol. The van der Waals surface area contributed by atoms with E-state index in [-0.39, 0.29) is 13.3 Å². The molecule has 2 aliphatic heterocycles. The number of urea groups is 1. The smallest absolute Gasteiger partial charge is 0.332 e. The van der Waals surface area contributed by atoms with Crippen molar-refractivity contribution in [2.24, 2.45) is 0 Å². The summed E-state index contributed by atoms with van der Waals surface area (Å²) in [7, 11) is 0. The Kier molecular flexibility index (Phi) is 4.38. The highest BCUT2D eigenvalue weighted by molar-refractivity contribution is 6.16. The Labute approximate surface area is 161 Å². The van der Waals surface area contributed by atoms with Gasteiger partial charge in [-0.3, -0.25) is 19.4 Å². The summed E-state index contributed by atoms with van der Waals surface area (Å²) >= 11 is 0. The fourth-order valence-corrected chi connectivity index (χ4v) is 3.23. The van der Waals surface area contributed by atoms with Gasteiger partial charge in [0.15, 0.2) is 11.5 Å². The number of carbonyl (C=O) groups excluding carboxylic acids is 3. The molecule has 144 valence electrons. The van der Waals surface area contributed by atoms with E-state index in [1.54, 1.807) is 37.3 Å². The molecule has 8 heteroatoms. The van der Waals surface area contributed by atoms with Crippen LogP contribution in [-0.4, -0.2) is 42.1 Å². The van der Waals surface area contributed by atoms with Gasteiger partial charge in [0.25, 0.3) is 5.91 Å². The van der Waals surface area contributed by atoms with Crippen LogP contribution in [0.4, 0.5) is 16.2 Å². The fourth-order valence-electron chi connectivity index (χ4n) is 3.23. The first-order valence-electron chi connectivity index (χ1n) is 8.85. The second-order valence-electron chi connectivity index (χ2n) is 6.70. The molecule has 2 aromatic carbocycles. The van der Waals surface area contributed by atoms with Gasteiger partial charge < -0.3 is 14.8 Å². The lowest BCUT2D eigenvalue weighted by Gasteiger charge is -2.19. The zero-order valence-corrected chi connectivity index (χ0v) is 15.5. The summed E-state index contributed by atoms with van der Waals surface area (Å²) in [4.78, 5) is 40.1. The molecule has 0 saturated carbocycles. The Balaban J connectivity index is 1.46. The Morgan fingerprint density at radius 2 is 1.82 bits per heavy atom. The van der Waals surface area contributed by atoms with Crippen molar-refractivity contribution >= 4 is 29.2 Å². The number of imide groups is 1. The number of benzene rings is 2. The molecule has 2 aliphatic rings. The van der Waals surface area contributed by atoms with Crippen molar-refractivity contribution in [2.75, 3.05) is 23.6 Å². The first kappa shape index (κ1) is 17.8. The third kappa shape index (κ3) is 3.13. The van der Waals surface area contributed by atoms with Crippen LogP contribution in [0.1, 0.15) is 12.5 Å². The second-order valence-corrected chi connectivity index (χ2v) is 6.70. The second kappa shape index (κ2) is 6.88. The average molecular weight is 381 g/mol. The molecule has 28 heavy (non-hydrogen) atoms. The summed E-state index contributed by atoms with van der Waals surface area (Å²) in [5, 5.41) is 2.68. The van der Waals surface area contributed by atoms with E-state index in [1.165, 1.54) is 4.90 Å². The van der Waals surface area contributed by atoms with E-state index in [1.807, 2.05) is 19.1 Å². The van der Waals surface area contributed by atoms with Gasteiger partial charge in [0, 0.05) is 17.4 Å². The Hall–Kier alpha value is -3.55. The van der Waals surface area contributed by atoms with Crippen LogP contribution in [0.3, 0.4) is 0 Å². The lowest BCUT2D eigenvalue weighted by Crippen LogP contribution is -2.39. The van der Waals surface area contributed by atoms with E-state index < -0.39 is 23.9 Å². The van der Waals surface area contributed by atoms with Crippen LogP contribution in [0.25, 0.3) is 0 Å². The van der Waals surface area contributed by atoms with E-state index >= 15 is 0 Å². The predicted molar refractivity (Wildman–Crippen MR) is 101 cm³/mol. The maximum Gasteiger partial charge on any atom is 0.332 e. The predicted octanol–water partition coefficient (Wildman–Crippen LogP) is 2.52. The quantitative estimate of drug-likeness (QED) is 0.823. The molecule has 0 aliphatic carbocycles. The molecule has 0 radical (unpaired) electrons. The largest absolute Gasteiger partial charge is 0.454 e. The SMILES string of the molecule is Cc1ccc(N2C(=O)N(CC(=O)Nc3ccc4c(c3)OCO4)C(=O)C2C)cc1. The highest BCUT2D eigenvalue weighted by Crippen LogP contribution is 2.34. The molecule has 0 bridgehead atoms. The number of ether oxygens (including phenoxy) is 2. The van der Waals surface area contributed by atoms with E-state index in [0.29, 0.717) is 22.9 Å².